The number of likely N-dealkylation sites (tertiary alicyclic amines) is 2. The molecule has 3 heterocycles. The summed E-state index contributed by atoms with van der Waals surface area (Å²) < 4.78 is 0.912. The number of ketones is 1. The molecular weight excluding hydrogens is 550 g/mol. The Hall–Kier alpha value is -3.83. The zero-order valence-corrected chi connectivity index (χ0v) is 24.7. The van der Waals surface area contributed by atoms with Crippen molar-refractivity contribution < 1.29 is 14.4 Å². The predicted molar refractivity (Wildman–Crippen MR) is 164 cm³/mol. The number of nitrogens with zero attached hydrogens (tertiary/aromatic N) is 3. The van der Waals surface area contributed by atoms with E-state index in [9.17, 15) is 14.4 Å². The van der Waals surface area contributed by atoms with Crippen LogP contribution in [0.4, 0.5) is 0 Å². The Labute approximate surface area is 250 Å². The predicted octanol–water partition coefficient (Wildman–Crippen LogP) is 2.78. The summed E-state index contributed by atoms with van der Waals surface area (Å²) in [5.41, 5.74) is 7.56. The van der Waals surface area contributed by atoms with Crippen molar-refractivity contribution in [3.63, 3.8) is 0 Å². The van der Waals surface area contributed by atoms with Gasteiger partial charge in [0.15, 0.2) is 11.0 Å². The highest BCUT2D eigenvalue weighted by Crippen LogP contribution is 2.27. The quantitative estimate of drug-likeness (QED) is 0.162. The number of guanidine groups is 1. The van der Waals surface area contributed by atoms with Gasteiger partial charge in [-0.25, -0.2) is 4.98 Å². The van der Waals surface area contributed by atoms with Crippen molar-refractivity contribution in [3.8, 4) is 0 Å². The molecule has 2 aromatic carbocycles. The van der Waals surface area contributed by atoms with Crippen molar-refractivity contribution in [2.24, 2.45) is 11.7 Å². The molecule has 3 aromatic rings. The summed E-state index contributed by atoms with van der Waals surface area (Å²) >= 11 is 1.32. The van der Waals surface area contributed by atoms with E-state index in [1.165, 1.54) is 11.3 Å². The average molecular weight is 590 g/mol. The first kappa shape index (κ1) is 29.7. The Morgan fingerprint density at radius 3 is 2.52 bits per heavy atom. The van der Waals surface area contributed by atoms with E-state index in [1.807, 2.05) is 59.5 Å². The molecule has 2 amide bonds. The minimum absolute atomic E-state index is 0.0208. The van der Waals surface area contributed by atoms with Crippen LogP contribution >= 0.6 is 11.3 Å². The highest BCUT2D eigenvalue weighted by Gasteiger charge is 2.39. The number of piperidine rings is 1. The molecule has 222 valence electrons. The minimum atomic E-state index is -0.795. The molecule has 10 nitrogen and oxygen atoms in total. The molecule has 0 radical (unpaired) electrons. The van der Waals surface area contributed by atoms with Crippen molar-refractivity contribution in [1.82, 2.24) is 25.4 Å². The van der Waals surface area contributed by atoms with Gasteiger partial charge < -0.3 is 26.2 Å². The molecule has 5 rings (SSSR count). The maximum atomic E-state index is 13.9. The Morgan fingerprint density at radius 2 is 1.79 bits per heavy atom. The summed E-state index contributed by atoms with van der Waals surface area (Å²) in [6.45, 7) is 1.77. The molecular formula is C31H39N7O3S. The second-order valence-electron chi connectivity index (χ2n) is 11.2. The van der Waals surface area contributed by atoms with Crippen LogP contribution in [0, 0.1) is 11.3 Å². The SMILES string of the molecule is CN[C@H](Cc1ccccc1)C(=O)N1CCC[C@@H]1C(=O)N[C@@H](C[C@H]1CCCN(C(=N)N)C1)C(=O)c1nc2ccccc2s1. The van der Waals surface area contributed by atoms with Crippen molar-refractivity contribution in [2.45, 2.75) is 56.7 Å². The van der Waals surface area contributed by atoms with Gasteiger partial charge in [0.05, 0.1) is 22.3 Å². The first-order valence-corrected chi connectivity index (χ1v) is 15.5. The number of carbonyl (C=O) groups is 3. The number of para-hydroxylation sites is 1. The van der Waals surface area contributed by atoms with E-state index in [1.54, 1.807) is 11.9 Å². The van der Waals surface area contributed by atoms with Crippen LogP contribution in [0.3, 0.4) is 0 Å². The molecule has 0 spiro atoms. The Kier molecular flexibility index (Phi) is 9.48. The van der Waals surface area contributed by atoms with Crippen LogP contribution < -0.4 is 16.4 Å². The van der Waals surface area contributed by atoms with Gasteiger partial charge in [-0.3, -0.25) is 19.8 Å². The van der Waals surface area contributed by atoms with Crippen LogP contribution in [-0.4, -0.2) is 83.1 Å². The molecule has 0 saturated carbocycles. The smallest absolute Gasteiger partial charge is 0.243 e. The standard InChI is InChI=1S/C31H39N7O3S/c1-34-24(17-20-9-3-2-4-10-20)30(41)38-16-8-13-25(38)28(40)35-23(18-21-11-7-15-37(19-21)31(32)33)27(39)29-36-22-12-5-6-14-26(22)42-29/h2-6,9-10,12,14,21,23-25,34H,7-8,11,13,15-19H2,1H3,(H3,32,33)(H,35,40)/t21-,23+,24-,25-/m1/s1. The lowest BCUT2D eigenvalue weighted by molar-refractivity contribution is -0.140. The number of hydrogen-bond donors (Lipinski definition) is 4. The average Bonchev–Trinajstić information content (AvgIpc) is 3.67. The number of amides is 2. The lowest BCUT2D eigenvalue weighted by atomic mass is 9.89. The summed E-state index contributed by atoms with van der Waals surface area (Å²) in [6.07, 6.45) is 3.94. The van der Waals surface area contributed by atoms with E-state index in [-0.39, 0.29) is 29.5 Å². The van der Waals surface area contributed by atoms with Gasteiger partial charge in [0.1, 0.15) is 6.04 Å². The molecule has 5 N–H and O–H groups in total. The van der Waals surface area contributed by atoms with Gasteiger partial charge in [-0.2, -0.15) is 0 Å². The number of carbonyl (C=O) groups excluding carboxylic acids is 3. The molecule has 4 atom stereocenters. The van der Waals surface area contributed by atoms with Crippen LogP contribution in [0.2, 0.25) is 0 Å². The van der Waals surface area contributed by atoms with Crippen LogP contribution in [0.1, 0.15) is 47.5 Å². The fraction of sp³-hybridized carbons (Fsp3) is 0.452. The van der Waals surface area contributed by atoms with Crippen LogP contribution in [0.15, 0.2) is 54.6 Å². The number of thiazole rings is 1. The Morgan fingerprint density at radius 1 is 1.05 bits per heavy atom. The molecule has 0 aliphatic carbocycles. The van der Waals surface area contributed by atoms with Gasteiger partial charge in [0, 0.05) is 19.6 Å². The third-order valence-corrected chi connectivity index (χ3v) is 9.39. The van der Waals surface area contributed by atoms with Crippen molar-refractivity contribution in [2.75, 3.05) is 26.7 Å². The maximum Gasteiger partial charge on any atom is 0.243 e. The van der Waals surface area contributed by atoms with Crippen LogP contribution in [0.5, 0.6) is 0 Å². The second kappa shape index (κ2) is 13.4. The van der Waals surface area contributed by atoms with E-state index in [0.29, 0.717) is 43.9 Å². The highest BCUT2D eigenvalue weighted by molar-refractivity contribution is 7.20. The third-order valence-electron chi connectivity index (χ3n) is 8.33. The summed E-state index contributed by atoms with van der Waals surface area (Å²) in [6, 6.07) is 15.5. The van der Waals surface area contributed by atoms with Gasteiger partial charge in [-0.05, 0) is 69.2 Å². The number of benzene rings is 2. The fourth-order valence-electron chi connectivity index (χ4n) is 6.10. The van der Waals surface area contributed by atoms with Crippen molar-refractivity contribution in [1.29, 1.82) is 5.41 Å². The van der Waals surface area contributed by atoms with Crippen molar-refractivity contribution in [3.05, 3.63) is 65.2 Å². The molecule has 0 unspecified atom stereocenters. The number of fused-ring (bicyclic) bond motifs is 1. The summed E-state index contributed by atoms with van der Waals surface area (Å²) in [5, 5.41) is 14.4. The van der Waals surface area contributed by atoms with E-state index in [0.717, 1.165) is 35.0 Å². The zero-order valence-electron chi connectivity index (χ0n) is 23.9. The van der Waals surface area contributed by atoms with E-state index in [4.69, 9.17) is 11.1 Å². The number of Topliss-reactive ketones (excluding diaryl/α,β-unsaturated/α-hetero) is 1. The maximum absolute atomic E-state index is 13.9. The Bertz CT molecular complexity index is 1400. The van der Waals surface area contributed by atoms with Gasteiger partial charge in [0.2, 0.25) is 17.6 Å². The molecule has 1 aromatic heterocycles. The summed E-state index contributed by atoms with van der Waals surface area (Å²) in [7, 11) is 1.76. The van der Waals surface area contributed by atoms with Gasteiger partial charge in [-0.1, -0.05) is 42.5 Å². The van der Waals surface area contributed by atoms with Gasteiger partial charge in [-0.15, -0.1) is 11.3 Å². The van der Waals surface area contributed by atoms with Gasteiger partial charge in [0.25, 0.3) is 0 Å². The first-order valence-electron chi connectivity index (χ1n) is 14.6. The molecule has 2 saturated heterocycles. The minimum Gasteiger partial charge on any atom is -0.370 e. The van der Waals surface area contributed by atoms with E-state index < -0.39 is 18.1 Å². The van der Waals surface area contributed by atoms with Gasteiger partial charge >= 0.3 is 0 Å². The van der Waals surface area contributed by atoms with Crippen molar-refractivity contribution >= 4 is 45.1 Å². The number of nitrogens with two attached hydrogens (primary N) is 1. The number of likely N-dealkylation sites (N-methyl/N-ethyl adjacent to an activating group) is 1. The molecule has 2 aliphatic heterocycles. The first-order chi connectivity index (χ1) is 20.3. The third kappa shape index (κ3) is 6.79. The molecule has 0 bridgehead atoms. The molecule has 2 fully saturated rings. The summed E-state index contributed by atoms with van der Waals surface area (Å²) in [5.74, 6) is -0.552. The fourth-order valence-corrected chi connectivity index (χ4v) is 7.06. The molecule has 42 heavy (non-hydrogen) atoms. The number of aromatic nitrogens is 1. The Balaban J connectivity index is 1.33. The lowest BCUT2D eigenvalue weighted by Gasteiger charge is -2.35. The number of hydrogen-bond acceptors (Lipinski definition) is 7. The van der Waals surface area contributed by atoms with Crippen LogP contribution in [0.25, 0.3) is 10.2 Å². The number of nitrogens with one attached hydrogen (secondary N) is 3. The summed E-state index contributed by atoms with van der Waals surface area (Å²) in [4.78, 5) is 49.4. The zero-order chi connectivity index (χ0) is 29.6. The number of rotatable bonds is 10. The molecule has 2 aliphatic rings. The molecule has 11 heteroatoms. The normalized spacial score (nSPS) is 20.3. The monoisotopic (exact) mass is 589 g/mol. The largest absolute Gasteiger partial charge is 0.370 e. The van der Waals surface area contributed by atoms with Crippen LogP contribution in [-0.2, 0) is 16.0 Å². The van der Waals surface area contributed by atoms with E-state index in [2.05, 4.69) is 15.6 Å². The lowest BCUT2D eigenvalue weighted by Crippen LogP contribution is -2.55. The highest BCUT2D eigenvalue weighted by atomic mass is 32.1. The topological polar surface area (TPSA) is 145 Å². The second-order valence-corrected chi connectivity index (χ2v) is 12.2. The van der Waals surface area contributed by atoms with E-state index >= 15 is 0 Å².